The number of morpholine rings is 1. The number of carbonyl (C=O) groups excluding carboxylic acids is 1. The highest BCUT2D eigenvalue weighted by Crippen LogP contribution is 2.21. The molecule has 31 heavy (non-hydrogen) atoms. The number of hydrogen-bond acceptors (Lipinski definition) is 10. The van der Waals surface area contributed by atoms with Gasteiger partial charge in [-0.25, -0.2) is 4.98 Å². The molecule has 1 atom stereocenters. The summed E-state index contributed by atoms with van der Waals surface area (Å²) in [6.07, 6.45) is 2.81. The van der Waals surface area contributed by atoms with E-state index in [9.17, 15) is 4.79 Å². The van der Waals surface area contributed by atoms with Gasteiger partial charge < -0.3 is 23.8 Å². The van der Waals surface area contributed by atoms with Gasteiger partial charge in [-0.2, -0.15) is 0 Å². The Bertz CT molecular complexity index is 904. The Morgan fingerprint density at radius 3 is 2.26 bits per heavy atom. The number of hydrogen-bond donors (Lipinski definition) is 0. The van der Waals surface area contributed by atoms with Gasteiger partial charge >= 0.3 is 18.0 Å². The summed E-state index contributed by atoms with van der Waals surface area (Å²) >= 11 is 1.40. The number of rotatable bonds is 10. The molecule has 0 radical (unpaired) electrons. The van der Waals surface area contributed by atoms with Crippen LogP contribution in [0.15, 0.2) is 25.3 Å². The molecular weight excluding hydrogens is 422 g/mol. The second kappa shape index (κ2) is 10.8. The monoisotopic (exact) mass is 447 g/mol. The highest BCUT2D eigenvalue weighted by Gasteiger charge is 2.28. The third-order valence-electron chi connectivity index (χ3n) is 4.16. The van der Waals surface area contributed by atoms with Crippen LogP contribution in [0.5, 0.6) is 18.0 Å². The van der Waals surface area contributed by atoms with Crippen molar-refractivity contribution in [1.82, 2.24) is 24.8 Å². The van der Waals surface area contributed by atoms with Crippen molar-refractivity contribution in [3.63, 3.8) is 0 Å². The molecule has 1 aliphatic heterocycles. The molecule has 0 aromatic carbocycles. The summed E-state index contributed by atoms with van der Waals surface area (Å²) in [6.45, 7) is 12.8. The number of amides is 1. The maximum Gasteiger partial charge on any atom is 0.326 e. The van der Waals surface area contributed by atoms with E-state index in [2.05, 4.69) is 33.1 Å². The van der Waals surface area contributed by atoms with Gasteiger partial charge in [0.15, 0.2) is 0 Å². The zero-order chi connectivity index (χ0) is 22.2. The van der Waals surface area contributed by atoms with Crippen molar-refractivity contribution < 1.29 is 23.7 Å². The molecule has 1 amide bonds. The van der Waals surface area contributed by atoms with E-state index in [0.717, 1.165) is 10.7 Å². The maximum absolute atomic E-state index is 12.9. The summed E-state index contributed by atoms with van der Waals surface area (Å²) in [7, 11) is 0. The van der Waals surface area contributed by atoms with Gasteiger partial charge in [0.25, 0.3) is 5.91 Å². The zero-order valence-corrected chi connectivity index (χ0v) is 18.4. The van der Waals surface area contributed by atoms with E-state index in [1.807, 2.05) is 13.8 Å². The van der Waals surface area contributed by atoms with Crippen LogP contribution >= 0.6 is 11.3 Å². The van der Waals surface area contributed by atoms with Gasteiger partial charge in [0.2, 0.25) is 0 Å². The van der Waals surface area contributed by atoms with E-state index in [4.69, 9.17) is 18.9 Å². The largest absolute Gasteiger partial charge is 0.460 e. The predicted molar refractivity (Wildman–Crippen MR) is 114 cm³/mol. The van der Waals surface area contributed by atoms with Crippen LogP contribution in [0.1, 0.15) is 20.4 Å². The molecule has 1 fully saturated rings. The lowest BCUT2D eigenvalue weighted by molar-refractivity contribution is -0.0414. The molecule has 10 nitrogen and oxygen atoms in total. The molecule has 166 valence electrons. The van der Waals surface area contributed by atoms with Crippen LogP contribution < -0.4 is 14.2 Å². The van der Waals surface area contributed by atoms with Crippen LogP contribution in [0.3, 0.4) is 0 Å². The standard InChI is InChI=1S/C20H25N5O5S/c1-5-8-28-18-22-19(29-9-6-2)24-20(23-18)30-12-15-11-25(7-10-27-15)17(26)16-13(3)21-14(4)31-16/h5-6,15H,1-2,7-12H2,3-4H3. The van der Waals surface area contributed by atoms with E-state index >= 15 is 0 Å². The van der Waals surface area contributed by atoms with Crippen LogP contribution in [-0.4, -0.2) is 76.4 Å². The minimum absolute atomic E-state index is 0.0362. The van der Waals surface area contributed by atoms with Gasteiger partial charge in [0.05, 0.1) is 23.9 Å². The SMILES string of the molecule is C=CCOc1nc(OCC=C)nc(OCC2CN(C(=O)c3sc(C)nc3C)CCO2)n1. The minimum atomic E-state index is -0.334. The van der Waals surface area contributed by atoms with Gasteiger partial charge in [0, 0.05) is 6.54 Å². The van der Waals surface area contributed by atoms with E-state index in [-0.39, 0.29) is 49.9 Å². The fourth-order valence-corrected chi connectivity index (χ4v) is 3.71. The molecule has 0 saturated carbocycles. The first-order chi connectivity index (χ1) is 15.0. The molecule has 3 rings (SSSR count). The van der Waals surface area contributed by atoms with E-state index in [1.165, 1.54) is 11.3 Å². The Balaban J connectivity index is 1.63. The molecular formula is C20H25N5O5S. The van der Waals surface area contributed by atoms with Crippen LogP contribution in [0.25, 0.3) is 0 Å². The summed E-state index contributed by atoms with van der Waals surface area (Å²) < 4.78 is 22.2. The van der Waals surface area contributed by atoms with Crippen molar-refractivity contribution in [2.24, 2.45) is 0 Å². The lowest BCUT2D eigenvalue weighted by Gasteiger charge is -2.32. The number of aryl methyl sites for hydroxylation is 2. The Morgan fingerprint density at radius 2 is 1.71 bits per heavy atom. The van der Waals surface area contributed by atoms with Crippen LogP contribution in [0.2, 0.25) is 0 Å². The predicted octanol–water partition coefficient (Wildman–Crippen LogP) is 1.99. The van der Waals surface area contributed by atoms with Crippen LogP contribution in [-0.2, 0) is 4.74 Å². The molecule has 1 unspecified atom stereocenters. The second-order valence-electron chi connectivity index (χ2n) is 6.58. The Kier molecular flexibility index (Phi) is 7.90. The molecule has 2 aromatic heterocycles. The lowest BCUT2D eigenvalue weighted by Crippen LogP contribution is -2.47. The number of carbonyl (C=O) groups is 1. The average molecular weight is 448 g/mol. The number of thiazole rings is 1. The van der Waals surface area contributed by atoms with E-state index in [0.29, 0.717) is 24.6 Å². The molecule has 2 aromatic rings. The lowest BCUT2D eigenvalue weighted by atomic mass is 10.2. The fourth-order valence-electron chi connectivity index (χ4n) is 2.83. The van der Waals surface area contributed by atoms with Crippen molar-refractivity contribution in [1.29, 1.82) is 0 Å². The number of nitrogens with zero attached hydrogens (tertiary/aromatic N) is 5. The quantitative estimate of drug-likeness (QED) is 0.505. The summed E-state index contributed by atoms with van der Waals surface area (Å²) in [6, 6.07) is 0.150. The fraction of sp³-hybridized carbons (Fsp3) is 0.450. The third kappa shape index (κ3) is 6.22. The molecule has 3 heterocycles. The van der Waals surface area contributed by atoms with Gasteiger partial charge in [0.1, 0.15) is 30.8 Å². The maximum atomic E-state index is 12.9. The molecule has 0 N–H and O–H groups in total. The van der Waals surface area contributed by atoms with Gasteiger partial charge in [-0.15, -0.1) is 26.3 Å². The topological polar surface area (TPSA) is 109 Å². The highest BCUT2D eigenvalue weighted by molar-refractivity contribution is 7.13. The van der Waals surface area contributed by atoms with Crippen molar-refractivity contribution in [2.45, 2.75) is 20.0 Å². The first kappa shape index (κ1) is 22.6. The molecule has 0 spiro atoms. The highest BCUT2D eigenvalue weighted by atomic mass is 32.1. The second-order valence-corrected chi connectivity index (χ2v) is 7.79. The smallest absolute Gasteiger partial charge is 0.326 e. The van der Waals surface area contributed by atoms with Crippen molar-refractivity contribution >= 4 is 17.2 Å². The van der Waals surface area contributed by atoms with E-state index < -0.39 is 0 Å². The van der Waals surface area contributed by atoms with Crippen molar-refractivity contribution in [3.8, 4) is 18.0 Å². The van der Waals surface area contributed by atoms with Crippen molar-refractivity contribution in [2.75, 3.05) is 39.5 Å². The zero-order valence-electron chi connectivity index (χ0n) is 17.6. The van der Waals surface area contributed by atoms with E-state index in [1.54, 1.807) is 17.1 Å². The van der Waals surface area contributed by atoms with Crippen LogP contribution in [0, 0.1) is 13.8 Å². The van der Waals surface area contributed by atoms with Crippen molar-refractivity contribution in [3.05, 3.63) is 40.9 Å². The van der Waals surface area contributed by atoms with Gasteiger partial charge in [-0.1, -0.05) is 25.3 Å². The molecule has 1 aliphatic rings. The number of aromatic nitrogens is 4. The summed E-state index contributed by atoms with van der Waals surface area (Å²) in [5, 5.41) is 0.868. The van der Waals surface area contributed by atoms with Crippen LogP contribution in [0.4, 0.5) is 0 Å². The Labute approximate surface area is 184 Å². The number of ether oxygens (including phenoxy) is 4. The molecule has 0 bridgehead atoms. The van der Waals surface area contributed by atoms with Gasteiger partial charge in [-0.3, -0.25) is 4.79 Å². The minimum Gasteiger partial charge on any atom is -0.460 e. The Hall–Kier alpha value is -3.05. The summed E-state index contributed by atoms with van der Waals surface area (Å²) in [5.41, 5.74) is 0.746. The third-order valence-corrected chi connectivity index (χ3v) is 5.22. The molecule has 0 aliphatic carbocycles. The average Bonchev–Trinajstić information content (AvgIpc) is 3.12. The molecule has 1 saturated heterocycles. The van der Waals surface area contributed by atoms with Gasteiger partial charge in [-0.05, 0) is 13.8 Å². The first-order valence-corrected chi connectivity index (χ1v) is 10.5. The summed E-state index contributed by atoms with van der Waals surface area (Å²) in [5.74, 6) is -0.0446. The normalized spacial score (nSPS) is 15.9. The molecule has 11 heteroatoms. The Morgan fingerprint density at radius 1 is 1.10 bits per heavy atom. The summed E-state index contributed by atoms with van der Waals surface area (Å²) in [4.78, 5) is 31.9. The first-order valence-electron chi connectivity index (χ1n) is 9.71.